The van der Waals surface area contributed by atoms with Crippen LogP contribution in [0.2, 0.25) is 5.02 Å². The summed E-state index contributed by atoms with van der Waals surface area (Å²) in [5, 5.41) is 6.06. The fraction of sp³-hybridized carbons (Fsp3) is 0.385. The Bertz CT molecular complexity index is 463. The number of nitrogens with two attached hydrogens (primary N) is 1. The summed E-state index contributed by atoms with van der Waals surface area (Å²) in [5.74, 6) is -0.698. The number of primary amides is 1. The molecule has 5 nitrogen and oxygen atoms in total. The van der Waals surface area contributed by atoms with Gasteiger partial charge in [0, 0.05) is 10.7 Å². The van der Waals surface area contributed by atoms with Crippen molar-refractivity contribution in [1.29, 1.82) is 0 Å². The zero-order valence-corrected chi connectivity index (χ0v) is 11.7. The zero-order chi connectivity index (χ0) is 14.4. The van der Waals surface area contributed by atoms with Crippen LogP contribution in [0.5, 0.6) is 0 Å². The third-order valence-electron chi connectivity index (χ3n) is 2.56. The van der Waals surface area contributed by atoms with Gasteiger partial charge in [0.05, 0.1) is 12.6 Å². The van der Waals surface area contributed by atoms with Crippen LogP contribution in [-0.4, -0.2) is 24.4 Å². The Morgan fingerprint density at radius 2 is 2.05 bits per heavy atom. The molecule has 0 aliphatic heterocycles. The van der Waals surface area contributed by atoms with E-state index in [1.807, 2.05) is 13.8 Å². The van der Waals surface area contributed by atoms with E-state index in [1.54, 1.807) is 24.3 Å². The molecule has 19 heavy (non-hydrogen) atoms. The molecular formula is C13H18ClN3O2. The number of anilines is 1. The Labute approximate surface area is 117 Å². The molecule has 104 valence electrons. The average Bonchev–Trinajstić information content (AvgIpc) is 2.27. The van der Waals surface area contributed by atoms with Gasteiger partial charge in [-0.05, 0) is 24.1 Å². The van der Waals surface area contributed by atoms with Gasteiger partial charge in [-0.1, -0.05) is 31.5 Å². The first-order valence-corrected chi connectivity index (χ1v) is 6.36. The topological polar surface area (TPSA) is 84.2 Å². The van der Waals surface area contributed by atoms with Gasteiger partial charge in [-0.2, -0.15) is 0 Å². The van der Waals surface area contributed by atoms with Crippen LogP contribution < -0.4 is 16.4 Å². The van der Waals surface area contributed by atoms with E-state index >= 15 is 0 Å². The van der Waals surface area contributed by atoms with E-state index in [1.165, 1.54) is 0 Å². The minimum absolute atomic E-state index is 0.0122. The van der Waals surface area contributed by atoms with Crippen LogP contribution in [0, 0.1) is 5.92 Å². The third kappa shape index (κ3) is 5.28. The monoisotopic (exact) mass is 283 g/mol. The van der Waals surface area contributed by atoms with E-state index in [0.717, 1.165) is 0 Å². The van der Waals surface area contributed by atoms with Crippen LogP contribution in [0.4, 0.5) is 5.69 Å². The van der Waals surface area contributed by atoms with Crippen molar-refractivity contribution in [1.82, 2.24) is 5.32 Å². The Morgan fingerprint density at radius 3 is 2.58 bits per heavy atom. The van der Waals surface area contributed by atoms with Crippen LogP contribution in [-0.2, 0) is 9.59 Å². The van der Waals surface area contributed by atoms with Gasteiger partial charge in [0.1, 0.15) is 0 Å². The highest BCUT2D eigenvalue weighted by atomic mass is 35.5. The van der Waals surface area contributed by atoms with E-state index in [0.29, 0.717) is 10.7 Å². The SMILES string of the molecule is CC(C)C(NCC(=O)Nc1cccc(Cl)c1)C(N)=O. The smallest absolute Gasteiger partial charge is 0.238 e. The number of nitrogens with one attached hydrogen (secondary N) is 2. The highest BCUT2D eigenvalue weighted by Gasteiger charge is 2.19. The molecule has 6 heteroatoms. The van der Waals surface area contributed by atoms with Gasteiger partial charge in [-0.25, -0.2) is 0 Å². The van der Waals surface area contributed by atoms with Crippen molar-refractivity contribution >= 4 is 29.1 Å². The van der Waals surface area contributed by atoms with Crippen LogP contribution in [0.3, 0.4) is 0 Å². The van der Waals surface area contributed by atoms with Gasteiger partial charge < -0.3 is 11.1 Å². The molecular weight excluding hydrogens is 266 g/mol. The lowest BCUT2D eigenvalue weighted by Gasteiger charge is -2.18. The van der Waals surface area contributed by atoms with Crippen LogP contribution >= 0.6 is 11.6 Å². The lowest BCUT2D eigenvalue weighted by atomic mass is 10.0. The molecule has 1 rings (SSSR count). The standard InChI is InChI=1S/C13H18ClN3O2/c1-8(2)12(13(15)19)16-7-11(18)17-10-5-3-4-9(14)6-10/h3-6,8,12,16H,7H2,1-2H3,(H2,15,19)(H,17,18). The number of carbonyl (C=O) groups excluding carboxylic acids is 2. The molecule has 0 aliphatic carbocycles. The van der Waals surface area contributed by atoms with Crippen LogP contribution in [0.15, 0.2) is 24.3 Å². The van der Waals surface area contributed by atoms with Crippen molar-refractivity contribution in [3.63, 3.8) is 0 Å². The summed E-state index contributed by atoms with van der Waals surface area (Å²) < 4.78 is 0. The normalized spacial score (nSPS) is 12.2. The van der Waals surface area contributed by atoms with Gasteiger partial charge in [0.2, 0.25) is 11.8 Å². The summed E-state index contributed by atoms with van der Waals surface area (Å²) >= 11 is 5.81. The Balaban J connectivity index is 2.50. The Morgan fingerprint density at radius 1 is 1.37 bits per heavy atom. The highest BCUT2D eigenvalue weighted by molar-refractivity contribution is 6.30. The molecule has 0 saturated carbocycles. The van der Waals surface area contributed by atoms with Crippen molar-refractivity contribution in [3.05, 3.63) is 29.3 Å². The minimum atomic E-state index is -0.523. The Kier molecular flexibility index (Phi) is 5.79. The van der Waals surface area contributed by atoms with E-state index in [4.69, 9.17) is 17.3 Å². The largest absolute Gasteiger partial charge is 0.368 e. The van der Waals surface area contributed by atoms with E-state index in [9.17, 15) is 9.59 Å². The summed E-state index contributed by atoms with van der Waals surface area (Å²) in [7, 11) is 0. The maximum absolute atomic E-state index is 11.7. The molecule has 0 radical (unpaired) electrons. The molecule has 0 aromatic heterocycles. The van der Waals surface area contributed by atoms with Gasteiger partial charge in [0.15, 0.2) is 0 Å². The predicted molar refractivity (Wildman–Crippen MR) is 75.9 cm³/mol. The molecule has 0 bridgehead atoms. The molecule has 1 aromatic carbocycles. The van der Waals surface area contributed by atoms with E-state index in [2.05, 4.69) is 10.6 Å². The van der Waals surface area contributed by atoms with Gasteiger partial charge in [-0.3, -0.25) is 14.9 Å². The maximum Gasteiger partial charge on any atom is 0.238 e. The second kappa shape index (κ2) is 7.11. The number of rotatable bonds is 6. The number of hydrogen-bond donors (Lipinski definition) is 3. The lowest BCUT2D eigenvalue weighted by molar-refractivity contribution is -0.121. The van der Waals surface area contributed by atoms with Crippen LogP contribution in [0.25, 0.3) is 0 Å². The number of carbonyl (C=O) groups is 2. The molecule has 0 spiro atoms. The number of amides is 2. The molecule has 0 fully saturated rings. The van der Waals surface area contributed by atoms with E-state index in [-0.39, 0.29) is 18.4 Å². The van der Waals surface area contributed by atoms with Crippen molar-refractivity contribution in [2.75, 3.05) is 11.9 Å². The van der Waals surface area contributed by atoms with Gasteiger partial charge in [-0.15, -0.1) is 0 Å². The summed E-state index contributed by atoms with van der Waals surface area (Å²) in [4.78, 5) is 22.9. The maximum atomic E-state index is 11.7. The molecule has 1 unspecified atom stereocenters. The second-order valence-corrected chi connectivity index (χ2v) is 5.00. The first-order valence-electron chi connectivity index (χ1n) is 5.98. The summed E-state index contributed by atoms with van der Waals surface area (Å²) in [6.07, 6.45) is 0. The van der Waals surface area contributed by atoms with Gasteiger partial charge in [0.25, 0.3) is 0 Å². The first kappa shape index (κ1) is 15.5. The third-order valence-corrected chi connectivity index (χ3v) is 2.80. The molecule has 4 N–H and O–H groups in total. The molecule has 1 aromatic rings. The number of halogens is 1. The highest BCUT2D eigenvalue weighted by Crippen LogP contribution is 2.14. The summed E-state index contributed by atoms with van der Waals surface area (Å²) in [6.45, 7) is 3.73. The van der Waals surface area contributed by atoms with Crippen molar-refractivity contribution < 1.29 is 9.59 Å². The molecule has 1 atom stereocenters. The van der Waals surface area contributed by atoms with Gasteiger partial charge >= 0.3 is 0 Å². The molecule has 0 saturated heterocycles. The first-order chi connectivity index (χ1) is 8.90. The van der Waals surface area contributed by atoms with Crippen molar-refractivity contribution in [3.8, 4) is 0 Å². The molecule has 0 aliphatic rings. The molecule has 2 amide bonds. The molecule has 0 heterocycles. The zero-order valence-electron chi connectivity index (χ0n) is 10.9. The van der Waals surface area contributed by atoms with Crippen molar-refractivity contribution in [2.24, 2.45) is 11.7 Å². The number of benzene rings is 1. The quantitative estimate of drug-likeness (QED) is 0.737. The minimum Gasteiger partial charge on any atom is -0.368 e. The predicted octanol–water partition coefficient (Wildman–Crippen LogP) is 1.38. The fourth-order valence-electron chi connectivity index (χ4n) is 1.64. The Hall–Kier alpha value is -1.59. The summed E-state index contributed by atoms with van der Waals surface area (Å²) in [6, 6.07) is 6.32. The second-order valence-electron chi connectivity index (χ2n) is 4.56. The van der Waals surface area contributed by atoms with Crippen LogP contribution in [0.1, 0.15) is 13.8 Å². The fourth-order valence-corrected chi connectivity index (χ4v) is 1.83. The van der Waals surface area contributed by atoms with E-state index < -0.39 is 11.9 Å². The van der Waals surface area contributed by atoms with Crippen molar-refractivity contribution in [2.45, 2.75) is 19.9 Å². The lowest BCUT2D eigenvalue weighted by Crippen LogP contribution is -2.47. The average molecular weight is 284 g/mol. The number of hydrogen-bond acceptors (Lipinski definition) is 3. The summed E-state index contributed by atoms with van der Waals surface area (Å²) in [5.41, 5.74) is 5.86.